The van der Waals surface area contributed by atoms with Gasteiger partial charge in [0.25, 0.3) is 0 Å². The molecule has 1 rings (SSSR count). The predicted octanol–water partition coefficient (Wildman–Crippen LogP) is 2.29. The molecular formula is C15H20N2O6. The highest BCUT2D eigenvalue weighted by atomic mass is 16.6. The average Bonchev–Trinajstić information content (AvgIpc) is 2.38. The fourth-order valence-electron chi connectivity index (χ4n) is 1.90. The first-order valence-electron chi connectivity index (χ1n) is 7.08. The van der Waals surface area contributed by atoms with Crippen LogP contribution in [-0.2, 0) is 19.1 Å². The number of nitrogens with zero attached hydrogens (tertiary/aromatic N) is 2. The van der Waals surface area contributed by atoms with Gasteiger partial charge in [0, 0.05) is 18.6 Å². The van der Waals surface area contributed by atoms with E-state index < -0.39 is 28.4 Å². The van der Waals surface area contributed by atoms with Crippen molar-refractivity contribution in [1.82, 2.24) is 4.98 Å². The fourth-order valence-corrected chi connectivity index (χ4v) is 1.90. The highest BCUT2D eigenvalue weighted by Crippen LogP contribution is 2.26. The molecule has 8 nitrogen and oxygen atoms in total. The fraction of sp³-hybridized carbons (Fsp3) is 0.533. The maximum Gasteiger partial charge on any atom is 0.363 e. The second-order valence-electron chi connectivity index (χ2n) is 5.82. The maximum atomic E-state index is 12.4. The Hall–Kier alpha value is -2.51. The highest BCUT2D eigenvalue weighted by Gasteiger charge is 2.36. The van der Waals surface area contributed by atoms with Gasteiger partial charge in [-0.1, -0.05) is 0 Å². The number of hydrogen-bond acceptors (Lipinski definition) is 7. The lowest BCUT2D eigenvalue weighted by Crippen LogP contribution is -2.33. The van der Waals surface area contributed by atoms with Gasteiger partial charge in [-0.05, 0) is 43.7 Å². The lowest BCUT2D eigenvalue weighted by Gasteiger charge is -2.23. The van der Waals surface area contributed by atoms with Gasteiger partial charge in [-0.2, -0.15) is 0 Å². The minimum Gasteiger partial charge on any atom is -0.465 e. The zero-order valence-electron chi connectivity index (χ0n) is 13.8. The summed E-state index contributed by atoms with van der Waals surface area (Å²) in [4.78, 5) is 38.4. The lowest BCUT2D eigenvalue weighted by atomic mass is 9.97. The molecule has 0 aliphatic heterocycles. The van der Waals surface area contributed by atoms with E-state index in [9.17, 15) is 19.7 Å². The molecule has 0 spiro atoms. The summed E-state index contributed by atoms with van der Waals surface area (Å²) in [5.74, 6) is -3.25. The van der Waals surface area contributed by atoms with Crippen LogP contribution in [0.25, 0.3) is 0 Å². The number of nitro groups is 1. The average molecular weight is 324 g/mol. The number of aryl methyl sites for hydroxylation is 1. The van der Waals surface area contributed by atoms with Gasteiger partial charge in [0.2, 0.25) is 0 Å². The second kappa shape index (κ2) is 7.17. The van der Waals surface area contributed by atoms with E-state index in [4.69, 9.17) is 9.47 Å². The van der Waals surface area contributed by atoms with Crippen LogP contribution in [0.1, 0.15) is 44.9 Å². The van der Waals surface area contributed by atoms with Crippen LogP contribution in [0.15, 0.2) is 12.1 Å². The topological polar surface area (TPSA) is 109 Å². The molecule has 0 aliphatic rings. The summed E-state index contributed by atoms with van der Waals surface area (Å²) in [6, 6.07) is 2.46. The van der Waals surface area contributed by atoms with Gasteiger partial charge in [0.05, 0.1) is 6.61 Å². The normalized spacial score (nSPS) is 12.4. The van der Waals surface area contributed by atoms with Crippen LogP contribution in [0.5, 0.6) is 0 Å². The predicted molar refractivity (Wildman–Crippen MR) is 80.8 cm³/mol. The van der Waals surface area contributed by atoms with Crippen molar-refractivity contribution >= 4 is 17.8 Å². The molecule has 0 amide bonds. The summed E-state index contributed by atoms with van der Waals surface area (Å²) in [5, 5.41) is 10.8. The standard InChI is InChI=1S/C15H20N2O6/c1-6-22-13(18)12(14(19)23-15(3,4)5)10-7-8-11(17(20)21)16-9(10)2/h7-8,12H,6H2,1-5H3/t12-/m1/s1. The first kappa shape index (κ1) is 18.5. The summed E-state index contributed by atoms with van der Waals surface area (Å²) >= 11 is 0. The van der Waals surface area contributed by atoms with Crippen LogP contribution in [-0.4, -0.2) is 34.1 Å². The summed E-state index contributed by atoms with van der Waals surface area (Å²) in [7, 11) is 0. The van der Waals surface area contributed by atoms with E-state index in [1.165, 1.54) is 13.0 Å². The van der Waals surface area contributed by atoms with Crippen LogP contribution in [0.3, 0.4) is 0 Å². The van der Waals surface area contributed by atoms with Gasteiger partial charge in [0.1, 0.15) is 5.60 Å². The molecule has 0 saturated carbocycles. The molecule has 0 saturated heterocycles. The molecule has 1 heterocycles. The van der Waals surface area contributed by atoms with Gasteiger partial charge >= 0.3 is 17.8 Å². The number of pyridine rings is 1. The maximum absolute atomic E-state index is 12.4. The molecule has 1 aromatic rings. The van der Waals surface area contributed by atoms with Crippen molar-refractivity contribution in [2.24, 2.45) is 0 Å². The summed E-state index contributed by atoms with van der Waals surface area (Å²) < 4.78 is 10.2. The molecule has 1 aromatic heterocycles. The third-order valence-corrected chi connectivity index (χ3v) is 2.77. The van der Waals surface area contributed by atoms with Crippen molar-refractivity contribution in [2.75, 3.05) is 6.61 Å². The van der Waals surface area contributed by atoms with Crippen molar-refractivity contribution < 1.29 is 24.0 Å². The van der Waals surface area contributed by atoms with Crippen molar-refractivity contribution in [2.45, 2.75) is 46.1 Å². The first-order chi connectivity index (χ1) is 10.6. The summed E-state index contributed by atoms with van der Waals surface area (Å²) in [6.07, 6.45) is 0. The molecule has 23 heavy (non-hydrogen) atoms. The molecule has 0 bridgehead atoms. The molecule has 0 N–H and O–H groups in total. The van der Waals surface area contributed by atoms with Crippen molar-refractivity contribution in [3.63, 3.8) is 0 Å². The largest absolute Gasteiger partial charge is 0.465 e. The number of carbonyl (C=O) groups excluding carboxylic acids is 2. The molecule has 0 aromatic carbocycles. The molecule has 126 valence electrons. The lowest BCUT2D eigenvalue weighted by molar-refractivity contribution is -0.389. The Balaban J connectivity index is 3.27. The summed E-state index contributed by atoms with van der Waals surface area (Å²) in [6.45, 7) is 8.22. The van der Waals surface area contributed by atoms with Crippen molar-refractivity contribution in [3.8, 4) is 0 Å². The van der Waals surface area contributed by atoms with Crippen molar-refractivity contribution in [3.05, 3.63) is 33.5 Å². The van der Waals surface area contributed by atoms with Gasteiger partial charge in [-0.25, -0.2) is 0 Å². The molecule has 0 aliphatic carbocycles. The number of carbonyl (C=O) groups is 2. The van der Waals surface area contributed by atoms with Crippen LogP contribution in [0.4, 0.5) is 5.82 Å². The van der Waals surface area contributed by atoms with E-state index >= 15 is 0 Å². The second-order valence-corrected chi connectivity index (χ2v) is 5.82. The van der Waals surface area contributed by atoms with E-state index in [1.54, 1.807) is 27.7 Å². The van der Waals surface area contributed by atoms with Crippen LogP contribution in [0.2, 0.25) is 0 Å². The molecular weight excluding hydrogens is 304 g/mol. The SMILES string of the molecule is CCOC(=O)[C@H](C(=O)OC(C)(C)C)c1ccc([N+](=O)[O-])nc1C. The number of aromatic nitrogens is 1. The van der Waals surface area contributed by atoms with Gasteiger partial charge in [0.15, 0.2) is 11.6 Å². The monoisotopic (exact) mass is 324 g/mol. The van der Waals surface area contributed by atoms with E-state index in [-0.39, 0.29) is 23.7 Å². The van der Waals surface area contributed by atoms with Crippen LogP contribution >= 0.6 is 0 Å². The Morgan fingerprint density at radius 1 is 1.30 bits per heavy atom. The Labute approximate surface area is 134 Å². The quantitative estimate of drug-likeness (QED) is 0.354. The zero-order valence-corrected chi connectivity index (χ0v) is 13.8. The third kappa shape index (κ3) is 5.01. The number of esters is 2. The highest BCUT2D eigenvalue weighted by molar-refractivity contribution is 6.01. The minimum atomic E-state index is -1.33. The number of rotatable bonds is 5. The smallest absolute Gasteiger partial charge is 0.363 e. The molecule has 8 heteroatoms. The molecule has 1 atom stereocenters. The minimum absolute atomic E-state index is 0.0948. The van der Waals surface area contributed by atoms with Crippen molar-refractivity contribution in [1.29, 1.82) is 0 Å². The zero-order chi connectivity index (χ0) is 17.8. The number of ether oxygens (including phenoxy) is 2. The molecule has 0 radical (unpaired) electrons. The van der Waals surface area contributed by atoms with Crippen LogP contribution < -0.4 is 0 Å². The van der Waals surface area contributed by atoms with E-state index in [0.29, 0.717) is 0 Å². The van der Waals surface area contributed by atoms with E-state index in [1.807, 2.05) is 0 Å². The van der Waals surface area contributed by atoms with Gasteiger partial charge < -0.3 is 19.6 Å². The Kier molecular flexibility index (Phi) is 5.78. The Morgan fingerprint density at radius 3 is 2.35 bits per heavy atom. The molecule has 0 fully saturated rings. The first-order valence-corrected chi connectivity index (χ1v) is 7.08. The Morgan fingerprint density at radius 2 is 1.91 bits per heavy atom. The Bertz CT molecular complexity index is 621. The van der Waals surface area contributed by atoms with Crippen LogP contribution in [0, 0.1) is 17.0 Å². The summed E-state index contributed by atoms with van der Waals surface area (Å²) in [5.41, 5.74) is -0.365. The molecule has 0 unspecified atom stereocenters. The van der Waals surface area contributed by atoms with E-state index in [2.05, 4.69) is 4.98 Å². The van der Waals surface area contributed by atoms with E-state index in [0.717, 1.165) is 6.07 Å². The third-order valence-electron chi connectivity index (χ3n) is 2.77. The van der Waals surface area contributed by atoms with Gasteiger partial charge in [-0.3, -0.25) is 9.59 Å². The van der Waals surface area contributed by atoms with Gasteiger partial charge in [-0.15, -0.1) is 0 Å². The number of hydrogen-bond donors (Lipinski definition) is 0.